The molecule has 110 valence electrons. The van der Waals surface area contributed by atoms with Crippen molar-refractivity contribution in [3.8, 4) is 0 Å². The lowest BCUT2D eigenvalue weighted by Crippen LogP contribution is -2.62. The molecule has 1 aliphatic rings. The number of carboxylic acids is 1. The number of rotatable bonds is 5. The maximum atomic E-state index is 13.7. The van der Waals surface area contributed by atoms with Crippen molar-refractivity contribution in [3.05, 3.63) is 35.4 Å². The molecule has 1 aromatic rings. The highest BCUT2D eigenvalue weighted by atomic mass is 19.1. The van der Waals surface area contributed by atoms with Gasteiger partial charge >= 0.3 is 5.97 Å². The summed E-state index contributed by atoms with van der Waals surface area (Å²) in [5, 5.41) is 8.59. The molecule has 1 N–H and O–H groups in total. The number of nitrogens with zero attached hydrogens (tertiary/aromatic N) is 1. The van der Waals surface area contributed by atoms with E-state index in [-0.39, 0.29) is 12.6 Å². The summed E-state index contributed by atoms with van der Waals surface area (Å²) >= 11 is 0. The molecule has 2 rings (SSSR count). The summed E-state index contributed by atoms with van der Waals surface area (Å²) < 4.78 is 32.2. The summed E-state index contributed by atoms with van der Waals surface area (Å²) in [5.74, 6) is -1.94. The van der Waals surface area contributed by atoms with E-state index in [2.05, 4.69) is 0 Å². The molecule has 1 aliphatic heterocycles. The van der Waals surface area contributed by atoms with Crippen LogP contribution in [0.2, 0.25) is 0 Å². The van der Waals surface area contributed by atoms with Gasteiger partial charge in [-0.3, -0.25) is 4.90 Å². The second-order valence-corrected chi connectivity index (χ2v) is 5.38. The number of ether oxygens (including phenoxy) is 1. The molecule has 0 aliphatic carbocycles. The van der Waals surface area contributed by atoms with Gasteiger partial charge in [-0.1, -0.05) is 0 Å². The van der Waals surface area contributed by atoms with Crippen LogP contribution in [0.15, 0.2) is 18.2 Å². The van der Waals surface area contributed by atoms with E-state index in [9.17, 15) is 13.6 Å². The molecular weight excluding hydrogens is 268 g/mol. The first-order valence-electron chi connectivity index (χ1n) is 6.35. The van der Waals surface area contributed by atoms with Crippen molar-refractivity contribution in [1.82, 2.24) is 4.90 Å². The van der Waals surface area contributed by atoms with Crippen LogP contribution >= 0.6 is 0 Å². The normalized spacial score (nSPS) is 19.4. The molecule has 4 nitrogen and oxygen atoms in total. The Labute approximate surface area is 116 Å². The minimum Gasteiger partial charge on any atom is -0.480 e. The lowest BCUT2D eigenvalue weighted by molar-refractivity contribution is -0.169. The Morgan fingerprint density at radius 2 is 2.15 bits per heavy atom. The van der Waals surface area contributed by atoms with Gasteiger partial charge < -0.3 is 9.84 Å². The molecule has 6 heteroatoms. The van der Waals surface area contributed by atoms with Gasteiger partial charge in [0.15, 0.2) is 0 Å². The third kappa shape index (κ3) is 3.13. The smallest absolute Gasteiger partial charge is 0.329 e. The van der Waals surface area contributed by atoms with Gasteiger partial charge in [-0.15, -0.1) is 0 Å². The van der Waals surface area contributed by atoms with E-state index in [4.69, 9.17) is 9.84 Å². The van der Waals surface area contributed by atoms with Crippen molar-refractivity contribution in [2.24, 2.45) is 0 Å². The van der Waals surface area contributed by atoms with E-state index in [0.29, 0.717) is 18.7 Å². The first kappa shape index (κ1) is 14.9. The highest BCUT2D eigenvalue weighted by molar-refractivity contribution is 5.68. The third-order valence-corrected chi connectivity index (χ3v) is 3.58. The molecule has 0 amide bonds. The van der Waals surface area contributed by atoms with Crippen molar-refractivity contribution in [2.45, 2.75) is 25.5 Å². The maximum absolute atomic E-state index is 13.7. The van der Waals surface area contributed by atoms with Crippen LogP contribution in [0.3, 0.4) is 0 Å². The van der Waals surface area contributed by atoms with E-state index in [1.807, 2.05) is 4.90 Å². The van der Waals surface area contributed by atoms with Gasteiger partial charge in [-0.25, -0.2) is 13.6 Å². The fourth-order valence-electron chi connectivity index (χ4n) is 2.45. The highest BCUT2D eigenvalue weighted by Crippen LogP contribution is 2.34. The lowest BCUT2D eigenvalue weighted by atomic mass is 9.92. The number of halogens is 2. The van der Waals surface area contributed by atoms with E-state index < -0.39 is 23.2 Å². The number of carbonyl (C=O) groups is 1. The number of hydrogen-bond acceptors (Lipinski definition) is 3. The number of hydrogen-bond donors (Lipinski definition) is 1. The highest BCUT2D eigenvalue weighted by Gasteiger charge is 2.42. The number of carboxylic acid groups (broad SMARTS) is 1. The molecule has 1 fully saturated rings. The molecule has 0 bridgehead atoms. The molecule has 1 heterocycles. The van der Waals surface area contributed by atoms with E-state index in [1.54, 1.807) is 13.8 Å². The topological polar surface area (TPSA) is 49.8 Å². The molecule has 0 spiro atoms. The van der Waals surface area contributed by atoms with Crippen molar-refractivity contribution < 1.29 is 23.4 Å². The Hall–Kier alpha value is -1.53. The van der Waals surface area contributed by atoms with E-state index >= 15 is 0 Å². The zero-order valence-corrected chi connectivity index (χ0v) is 11.4. The summed E-state index contributed by atoms with van der Waals surface area (Å²) in [6.07, 6.45) is 0. The van der Waals surface area contributed by atoms with Gasteiger partial charge in [-0.2, -0.15) is 0 Å². The van der Waals surface area contributed by atoms with Crippen LogP contribution < -0.4 is 0 Å². The van der Waals surface area contributed by atoms with Gasteiger partial charge in [0, 0.05) is 24.7 Å². The largest absolute Gasteiger partial charge is 0.480 e. The fourth-order valence-corrected chi connectivity index (χ4v) is 2.45. The van der Waals surface area contributed by atoms with Crippen molar-refractivity contribution >= 4 is 5.97 Å². The zero-order chi connectivity index (χ0) is 14.9. The number of likely N-dealkylation sites (tertiary alicyclic amines) is 1. The molecule has 1 unspecified atom stereocenters. The molecule has 0 radical (unpaired) electrons. The summed E-state index contributed by atoms with van der Waals surface area (Å²) in [6, 6.07) is 3.10. The Bertz CT molecular complexity index is 515. The van der Waals surface area contributed by atoms with Gasteiger partial charge in [0.05, 0.1) is 5.60 Å². The molecule has 0 aromatic heterocycles. The van der Waals surface area contributed by atoms with Crippen molar-refractivity contribution in [1.29, 1.82) is 0 Å². The van der Waals surface area contributed by atoms with Crippen molar-refractivity contribution in [3.63, 3.8) is 0 Å². The summed E-state index contributed by atoms with van der Waals surface area (Å²) in [4.78, 5) is 12.4. The van der Waals surface area contributed by atoms with E-state index in [1.165, 1.54) is 6.07 Å². The second-order valence-electron chi connectivity index (χ2n) is 5.38. The summed E-state index contributed by atoms with van der Waals surface area (Å²) in [6.45, 7) is 4.21. The molecule has 1 saturated heterocycles. The minimum atomic E-state index is -1.02. The van der Waals surface area contributed by atoms with Crippen LogP contribution in [0, 0.1) is 11.6 Å². The summed E-state index contributed by atoms with van der Waals surface area (Å²) in [7, 11) is 0. The second kappa shape index (κ2) is 5.46. The molecule has 1 atom stereocenters. The number of aliphatic carboxylic acids is 1. The number of benzene rings is 1. The molecule has 1 aromatic carbocycles. The van der Waals surface area contributed by atoms with Gasteiger partial charge in [-0.05, 0) is 32.0 Å². The van der Waals surface area contributed by atoms with Gasteiger partial charge in [0.1, 0.15) is 18.2 Å². The van der Waals surface area contributed by atoms with Crippen LogP contribution in [-0.4, -0.2) is 41.3 Å². The molecular formula is C14H17F2NO3. The maximum Gasteiger partial charge on any atom is 0.329 e. The SMILES string of the molecule is CC(c1cc(F)ccc1F)N1CC(C)(OCC(=O)O)C1. The van der Waals surface area contributed by atoms with Gasteiger partial charge in [0.25, 0.3) is 0 Å². The average Bonchev–Trinajstić information content (AvgIpc) is 2.35. The monoisotopic (exact) mass is 285 g/mol. The van der Waals surface area contributed by atoms with E-state index in [0.717, 1.165) is 12.1 Å². The Morgan fingerprint density at radius 3 is 2.75 bits per heavy atom. The minimum absolute atomic E-state index is 0.285. The van der Waals surface area contributed by atoms with Crippen LogP contribution in [0.4, 0.5) is 8.78 Å². The zero-order valence-electron chi connectivity index (χ0n) is 11.4. The van der Waals surface area contributed by atoms with Crippen LogP contribution in [0.1, 0.15) is 25.5 Å². The molecule has 0 saturated carbocycles. The quantitative estimate of drug-likeness (QED) is 0.901. The Kier molecular flexibility index (Phi) is 4.06. The Morgan fingerprint density at radius 1 is 1.50 bits per heavy atom. The van der Waals surface area contributed by atoms with Crippen LogP contribution in [0.25, 0.3) is 0 Å². The standard InChI is InChI=1S/C14H17F2NO3/c1-9(11-5-10(15)3-4-12(11)16)17-7-14(2,8-17)20-6-13(18)19/h3-5,9H,6-8H2,1-2H3,(H,18,19). The van der Waals surface area contributed by atoms with Crippen molar-refractivity contribution in [2.75, 3.05) is 19.7 Å². The predicted octanol–water partition coefficient (Wildman–Crippen LogP) is 2.20. The van der Waals surface area contributed by atoms with Crippen LogP contribution in [0.5, 0.6) is 0 Å². The first-order valence-corrected chi connectivity index (χ1v) is 6.35. The lowest BCUT2D eigenvalue weighted by Gasteiger charge is -2.50. The third-order valence-electron chi connectivity index (χ3n) is 3.58. The fraction of sp³-hybridized carbons (Fsp3) is 0.500. The average molecular weight is 285 g/mol. The Balaban J connectivity index is 1.98. The predicted molar refractivity (Wildman–Crippen MR) is 68.3 cm³/mol. The van der Waals surface area contributed by atoms with Crippen LogP contribution in [-0.2, 0) is 9.53 Å². The first-order chi connectivity index (χ1) is 9.31. The summed E-state index contributed by atoms with van der Waals surface area (Å²) in [5.41, 5.74) is -0.249. The van der Waals surface area contributed by atoms with Gasteiger partial charge in [0.2, 0.25) is 0 Å². The molecule has 20 heavy (non-hydrogen) atoms.